The molecule has 0 N–H and O–H groups in total. The maximum Gasteiger partial charge on any atom is 0.276 e. The predicted octanol–water partition coefficient (Wildman–Crippen LogP) is 1.11. The fourth-order valence-corrected chi connectivity index (χ4v) is 2.90. The molecule has 1 unspecified atom stereocenters. The zero-order valence-electron chi connectivity index (χ0n) is 11.8. The second-order valence-corrected chi connectivity index (χ2v) is 5.76. The fourth-order valence-electron chi connectivity index (χ4n) is 2.90. The van der Waals surface area contributed by atoms with Crippen molar-refractivity contribution < 1.29 is 9.53 Å². The maximum absolute atomic E-state index is 12.7. The van der Waals surface area contributed by atoms with E-state index in [4.69, 9.17) is 4.74 Å². The number of amides is 1. The zero-order chi connectivity index (χ0) is 14.2. The van der Waals surface area contributed by atoms with Gasteiger partial charge in [-0.1, -0.05) is 11.3 Å². The summed E-state index contributed by atoms with van der Waals surface area (Å²) in [5.74, 6) is 0.507. The molecule has 1 aliphatic carbocycles. The Bertz CT molecular complexity index is 523. The second kappa shape index (κ2) is 5.01. The fraction of sp³-hybridized carbons (Fsp3) is 0.643. The van der Waals surface area contributed by atoms with Crippen LogP contribution in [0.5, 0.6) is 0 Å². The van der Waals surface area contributed by atoms with Crippen LogP contribution in [0.1, 0.15) is 30.3 Å². The van der Waals surface area contributed by atoms with Crippen LogP contribution in [0.3, 0.4) is 0 Å². The summed E-state index contributed by atoms with van der Waals surface area (Å²) < 4.78 is 7.22. The highest BCUT2D eigenvalue weighted by Gasteiger charge is 2.49. The van der Waals surface area contributed by atoms with Crippen LogP contribution in [0.4, 0.5) is 0 Å². The smallest absolute Gasteiger partial charge is 0.276 e. The van der Waals surface area contributed by atoms with Gasteiger partial charge in [0.2, 0.25) is 0 Å². The van der Waals surface area contributed by atoms with E-state index in [1.165, 1.54) is 12.8 Å². The Hall–Kier alpha value is -1.69. The van der Waals surface area contributed by atoms with E-state index in [2.05, 4.69) is 23.8 Å². The number of nitrogens with zero attached hydrogens (tertiary/aromatic N) is 4. The number of carbonyl (C=O) groups excluding carboxylic acids is 1. The van der Waals surface area contributed by atoms with Crippen molar-refractivity contribution in [3.8, 4) is 0 Å². The van der Waals surface area contributed by atoms with Gasteiger partial charge >= 0.3 is 0 Å². The van der Waals surface area contributed by atoms with Gasteiger partial charge in [0.05, 0.1) is 31.5 Å². The molecule has 1 saturated heterocycles. The van der Waals surface area contributed by atoms with Crippen molar-refractivity contribution in [3.63, 3.8) is 0 Å². The minimum atomic E-state index is -0.197. The van der Waals surface area contributed by atoms with Crippen molar-refractivity contribution in [2.75, 3.05) is 19.8 Å². The minimum Gasteiger partial charge on any atom is -0.377 e. The molecule has 0 aromatic carbocycles. The molecular weight excluding hydrogens is 256 g/mol. The van der Waals surface area contributed by atoms with E-state index in [1.807, 2.05) is 4.90 Å². The number of morpholine rings is 1. The van der Waals surface area contributed by atoms with Gasteiger partial charge in [-0.2, -0.15) is 0 Å². The summed E-state index contributed by atoms with van der Waals surface area (Å²) in [6.07, 6.45) is 5.76. The van der Waals surface area contributed by atoms with Crippen molar-refractivity contribution in [3.05, 3.63) is 24.5 Å². The Labute approximate surface area is 118 Å². The lowest BCUT2D eigenvalue weighted by Crippen LogP contribution is -2.58. The predicted molar refractivity (Wildman–Crippen MR) is 73.2 cm³/mol. The van der Waals surface area contributed by atoms with Gasteiger partial charge in [-0.3, -0.25) is 4.79 Å². The molecule has 6 nitrogen and oxygen atoms in total. The van der Waals surface area contributed by atoms with Crippen LogP contribution >= 0.6 is 0 Å². The number of allylic oxidation sites excluding steroid dienone is 1. The van der Waals surface area contributed by atoms with Gasteiger partial charge < -0.3 is 9.64 Å². The molecule has 2 heterocycles. The number of rotatable bonds is 4. The Balaban J connectivity index is 1.81. The molecule has 108 valence electrons. The van der Waals surface area contributed by atoms with E-state index in [-0.39, 0.29) is 11.4 Å². The summed E-state index contributed by atoms with van der Waals surface area (Å²) in [5.41, 5.74) is 0.206. The Kier molecular flexibility index (Phi) is 3.33. The highest BCUT2D eigenvalue weighted by atomic mass is 16.5. The van der Waals surface area contributed by atoms with Gasteiger partial charge in [0.25, 0.3) is 5.91 Å². The van der Waals surface area contributed by atoms with E-state index in [9.17, 15) is 4.79 Å². The first-order valence-corrected chi connectivity index (χ1v) is 7.06. The molecule has 20 heavy (non-hydrogen) atoms. The molecule has 3 rings (SSSR count). The molecular formula is C14H20N4O2. The number of aromatic nitrogens is 3. The summed E-state index contributed by atoms with van der Waals surface area (Å²) >= 11 is 0. The van der Waals surface area contributed by atoms with Gasteiger partial charge in [0.15, 0.2) is 5.69 Å². The van der Waals surface area contributed by atoms with Gasteiger partial charge in [-0.15, -0.1) is 11.7 Å². The van der Waals surface area contributed by atoms with Crippen LogP contribution in [0.2, 0.25) is 0 Å². The van der Waals surface area contributed by atoms with Gasteiger partial charge in [0.1, 0.15) is 0 Å². The maximum atomic E-state index is 12.7. The average molecular weight is 276 g/mol. The summed E-state index contributed by atoms with van der Waals surface area (Å²) in [6, 6.07) is 0. The largest absolute Gasteiger partial charge is 0.377 e. The van der Waals surface area contributed by atoms with E-state index in [1.54, 1.807) is 17.0 Å². The van der Waals surface area contributed by atoms with Crippen LogP contribution < -0.4 is 0 Å². The lowest BCUT2D eigenvalue weighted by Gasteiger charge is -2.44. The summed E-state index contributed by atoms with van der Waals surface area (Å²) in [4.78, 5) is 14.6. The number of carbonyl (C=O) groups is 1. The SMILES string of the molecule is C=CCn1cc(C(=O)N2CCOCC2(C)C2CC2)nn1. The molecule has 6 heteroatoms. The molecule has 1 aromatic heterocycles. The van der Waals surface area contributed by atoms with Crippen LogP contribution in [-0.2, 0) is 11.3 Å². The Morgan fingerprint density at radius 2 is 2.45 bits per heavy atom. The quantitative estimate of drug-likeness (QED) is 0.773. The molecule has 1 atom stereocenters. The third-order valence-corrected chi connectivity index (χ3v) is 4.25. The third-order valence-electron chi connectivity index (χ3n) is 4.25. The third kappa shape index (κ3) is 2.24. The average Bonchev–Trinajstić information content (AvgIpc) is 3.21. The highest BCUT2D eigenvalue weighted by molar-refractivity contribution is 5.92. The Morgan fingerprint density at radius 3 is 3.15 bits per heavy atom. The number of hydrogen-bond donors (Lipinski definition) is 0. The first-order chi connectivity index (χ1) is 9.65. The number of ether oxygens (including phenoxy) is 1. The first-order valence-electron chi connectivity index (χ1n) is 7.06. The summed E-state index contributed by atoms with van der Waals surface area (Å²) in [5, 5.41) is 7.94. The van der Waals surface area contributed by atoms with Gasteiger partial charge in [0, 0.05) is 6.54 Å². The van der Waals surface area contributed by atoms with Crippen molar-refractivity contribution in [2.45, 2.75) is 31.8 Å². The zero-order valence-corrected chi connectivity index (χ0v) is 11.8. The Morgan fingerprint density at radius 1 is 1.65 bits per heavy atom. The molecule has 0 radical (unpaired) electrons. The van der Waals surface area contributed by atoms with Crippen LogP contribution in [0.25, 0.3) is 0 Å². The lowest BCUT2D eigenvalue weighted by atomic mass is 9.92. The minimum absolute atomic E-state index is 0.0435. The molecule has 1 amide bonds. The molecule has 2 aliphatic rings. The van der Waals surface area contributed by atoms with Crippen molar-refractivity contribution >= 4 is 5.91 Å². The molecule has 0 spiro atoms. The topological polar surface area (TPSA) is 60.2 Å². The summed E-state index contributed by atoms with van der Waals surface area (Å²) in [6.45, 7) is 8.17. The molecule has 0 bridgehead atoms. The highest BCUT2D eigenvalue weighted by Crippen LogP contribution is 2.44. The van der Waals surface area contributed by atoms with Crippen molar-refractivity contribution in [1.82, 2.24) is 19.9 Å². The van der Waals surface area contributed by atoms with Crippen LogP contribution in [-0.4, -0.2) is 51.1 Å². The standard InChI is InChI=1S/C14H20N4O2/c1-3-6-17-9-12(15-16-17)13(19)18-7-8-20-10-14(18,2)11-4-5-11/h3,9,11H,1,4-8,10H2,2H3. The van der Waals surface area contributed by atoms with Crippen molar-refractivity contribution in [1.29, 1.82) is 0 Å². The first kappa shape index (κ1) is 13.3. The lowest BCUT2D eigenvalue weighted by molar-refractivity contribution is -0.0549. The van der Waals surface area contributed by atoms with Crippen LogP contribution in [0.15, 0.2) is 18.9 Å². The monoisotopic (exact) mass is 276 g/mol. The van der Waals surface area contributed by atoms with E-state index >= 15 is 0 Å². The van der Waals surface area contributed by atoms with E-state index < -0.39 is 0 Å². The van der Waals surface area contributed by atoms with Gasteiger partial charge in [-0.25, -0.2) is 4.68 Å². The molecule has 2 fully saturated rings. The van der Waals surface area contributed by atoms with Gasteiger partial charge in [-0.05, 0) is 25.7 Å². The van der Waals surface area contributed by atoms with E-state index in [0.717, 1.165) is 0 Å². The van der Waals surface area contributed by atoms with E-state index in [0.29, 0.717) is 37.9 Å². The number of hydrogen-bond acceptors (Lipinski definition) is 4. The molecule has 1 aromatic rings. The normalized spacial score (nSPS) is 26.6. The molecule has 1 aliphatic heterocycles. The summed E-state index contributed by atoms with van der Waals surface area (Å²) in [7, 11) is 0. The second-order valence-electron chi connectivity index (χ2n) is 5.76. The van der Waals surface area contributed by atoms with Crippen LogP contribution in [0, 0.1) is 5.92 Å². The van der Waals surface area contributed by atoms with Crippen molar-refractivity contribution in [2.24, 2.45) is 5.92 Å². The molecule has 1 saturated carbocycles.